The molecule has 0 saturated carbocycles. The molecule has 0 radical (unpaired) electrons. The van der Waals surface area contributed by atoms with Crippen LogP contribution < -0.4 is 5.32 Å². The van der Waals surface area contributed by atoms with E-state index in [9.17, 15) is 0 Å². The Morgan fingerprint density at radius 3 is 1.75 bits per heavy atom. The molecule has 2 heteroatoms. The van der Waals surface area contributed by atoms with E-state index in [-0.39, 0.29) is 0 Å². The lowest BCUT2D eigenvalue weighted by Crippen LogP contribution is -1.90. The summed E-state index contributed by atoms with van der Waals surface area (Å²) in [6.45, 7) is 0. The second-order valence-electron chi connectivity index (χ2n) is 6.79. The molecule has 134 valence electrons. The van der Waals surface area contributed by atoms with Crippen LogP contribution in [0.3, 0.4) is 0 Å². The van der Waals surface area contributed by atoms with E-state index >= 15 is 0 Å². The fraction of sp³-hybridized carbons (Fsp3) is 0. The summed E-state index contributed by atoms with van der Waals surface area (Å²) in [7, 11) is 0. The van der Waals surface area contributed by atoms with Gasteiger partial charge in [0.2, 0.25) is 0 Å². The van der Waals surface area contributed by atoms with Gasteiger partial charge in [-0.1, -0.05) is 60.7 Å². The highest BCUT2D eigenvalue weighted by atomic mass is 16.3. The Morgan fingerprint density at radius 1 is 0.500 bits per heavy atom. The Bertz CT molecular complexity index is 1170. The van der Waals surface area contributed by atoms with Gasteiger partial charge in [-0.3, -0.25) is 0 Å². The minimum atomic E-state index is 0.889. The number of furan rings is 1. The van der Waals surface area contributed by atoms with Gasteiger partial charge in [-0.15, -0.1) is 0 Å². The number of nitrogens with one attached hydrogen (secondary N) is 1. The molecule has 0 saturated heterocycles. The molecule has 1 aromatic heterocycles. The summed E-state index contributed by atoms with van der Waals surface area (Å²) in [4.78, 5) is 0. The van der Waals surface area contributed by atoms with Crippen LogP contribution in [-0.2, 0) is 0 Å². The topological polar surface area (TPSA) is 25.2 Å². The summed E-state index contributed by atoms with van der Waals surface area (Å²) in [6.07, 6.45) is 0. The molecule has 28 heavy (non-hydrogen) atoms. The van der Waals surface area contributed by atoms with E-state index < -0.39 is 0 Å². The summed E-state index contributed by atoms with van der Waals surface area (Å²) in [5, 5.41) is 4.58. The highest BCUT2D eigenvalue weighted by Gasteiger charge is 2.06. The normalized spacial score (nSPS) is 10.9. The van der Waals surface area contributed by atoms with Gasteiger partial charge in [-0.2, -0.15) is 0 Å². The van der Waals surface area contributed by atoms with Crippen LogP contribution in [0.4, 0.5) is 11.4 Å². The molecule has 0 amide bonds. The maximum atomic E-state index is 5.95. The van der Waals surface area contributed by atoms with Crippen LogP contribution >= 0.6 is 0 Å². The van der Waals surface area contributed by atoms with Crippen molar-refractivity contribution >= 4 is 22.3 Å². The number of hydrogen-bond acceptors (Lipinski definition) is 2. The van der Waals surface area contributed by atoms with Crippen LogP contribution in [0.25, 0.3) is 33.4 Å². The van der Waals surface area contributed by atoms with E-state index in [0.717, 1.165) is 33.7 Å². The Kier molecular flexibility index (Phi) is 4.15. The summed E-state index contributed by atoms with van der Waals surface area (Å²) in [5.41, 5.74) is 6.54. The average molecular weight is 361 g/mol. The molecule has 0 aliphatic rings. The minimum Gasteiger partial charge on any atom is -0.456 e. The fourth-order valence-corrected chi connectivity index (χ4v) is 3.39. The van der Waals surface area contributed by atoms with Crippen LogP contribution in [0.5, 0.6) is 0 Å². The monoisotopic (exact) mass is 361 g/mol. The molecule has 0 unspecified atom stereocenters. The van der Waals surface area contributed by atoms with Crippen LogP contribution in [0.2, 0.25) is 0 Å². The number of benzene rings is 4. The van der Waals surface area contributed by atoms with Gasteiger partial charge in [0.05, 0.1) is 0 Å². The van der Waals surface area contributed by atoms with Crippen LogP contribution in [-0.4, -0.2) is 0 Å². The van der Waals surface area contributed by atoms with Gasteiger partial charge in [0.15, 0.2) is 0 Å². The van der Waals surface area contributed by atoms with Gasteiger partial charge < -0.3 is 9.73 Å². The van der Waals surface area contributed by atoms with Crippen molar-refractivity contribution in [3.05, 3.63) is 109 Å². The zero-order chi connectivity index (χ0) is 18.8. The quantitative estimate of drug-likeness (QED) is 0.358. The first-order valence-electron chi connectivity index (χ1n) is 9.37. The third-order valence-electron chi connectivity index (χ3n) is 4.88. The fourth-order valence-electron chi connectivity index (χ4n) is 3.39. The lowest BCUT2D eigenvalue weighted by molar-refractivity contribution is 0.631. The van der Waals surface area contributed by atoms with E-state index in [1.165, 1.54) is 11.1 Å². The van der Waals surface area contributed by atoms with Gasteiger partial charge in [0.1, 0.15) is 11.3 Å². The lowest BCUT2D eigenvalue weighted by atomic mass is 10.1. The SMILES string of the molecule is c1ccc(-c2ccc(Nc3ccc(-c4cc5ccccc5o4)cc3)cc2)cc1. The Morgan fingerprint density at radius 2 is 1.07 bits per heavy atom. The molecule has 5 rings (SSSR count). The molecule has 0 aliphatic carbocycles. The standard InChI is InChI=1S/C26H19NO/c1-2-6-19(7-3-1)20-10-14-23(15-11-20)27-24-16-12-21(13-17-24)26-18-22-8-4-5-9-25(22)28-26/h1-18,27H. The number of para-hydroxylation sites is 1. The average Bonchev–Trinajstić information content (AvgIpc) is 3.20. The highest BCUT2D eigenvalue weighted by molar-refractivity contribution is 5.83. The summed E-state index contributed by atoms with van der Waals surface area (Å²) in [5.74, 6) is 0.889. The molecule has 0 bridgehead atoms. The van der Waals surface area contributed by atoms with Crippen molar-refractivity contribution in [2.75, 3.05) is 5.32 Å². The highest BCUT2D eigenvalue weighted by Crippen LogP contribution is 2.29. The minimum absolute atomic E-state index is 0.889. The molecule has 1 heterocycles. The number of anilines is 2. The molecule has 0 fully saturated rings. The van der Waals surface area contributed by atoms with Crippen LogP contribution in [0, 0.1) is 0 Å². The molecule has 0 spiro atoms. The largest absolute Gasteiger partial charge is 0.456 e. The summed E-state index contributed by atoms with van der Waals surface area (Å²) >= 11 is 0. The zero-order valence-electron chi connectivity index (χ0n) is 15.3. The van der Waals surface area contributed by atoms with Crippen molar-refractivity contribution in [1.82, 2.24) is 0 Å². The van der Waals surface area contributed by atoms with Crippen molar-refractivity contribution in [2.45, 2.75) is 0 Å². The van der Waals surface area contributed by atoms with Gasteiger partial charge in [-0.25, -0.2) is 0 Å². The maximum Gasteiger partial charge on any atom is 0.135 e. The van der Waals surface area contributed by atoms with Crippen molar-refractivity contribution in [3.8, 4) is 22.5 Å². The van der Waals surface area contributed by atoms with Crippen molar-refractivity contribution in [3.63, 3.8) is 0 Å². The molecule has 1 N–H and O–H groups in total. The smallest absolute Gasteiger partial charge is 0.135 e. The summed E-state index contributed by atoms with van der Waals surface area (Å²) < 4.78 is 5.95. The zero-order valence-corrected chi connectivity index (χ0v) is 15.3. The van der Waals surface area contributed by atoms with Gasteiger partial charge in [0.25, 0.3) is 0 Å². The molecule has 0 aliphatic heterocycles. The van der Waals surface area contributed by atoms with Crippen molar-refractivity contribution < 1.29 is 4.42 Å². The first-order valence-corrected chi connectivity index (χ1v) is 9.37. The van der Waals surface area contributed by atoms with E-state index in [1.54, 1.807) is 0 Å². The Hall–Kier alpha value is -3.78. The van der Waals surface area contributed by atoms with Gasteiger partial charge in [0, 0.05) is 22.3 Å². The van der Waals surface area contributed by atoms with E-state index in [0.29, 0.717) is 0 Å². The van der Waals surface area contributed by atoms with E-state index in [1.807, 2.05) is 24.3 Å². The van der Waals surface area contributed by atoms with Crippen LogP contribution in [0.15, 0.2) is 114 Å². The molecule has 2 nitrogen and oxygen atoms in total. The predicted octanol–water partition coefficient (Wildman–Crippen LogP) is 7.51. The maximum absolute atomic E-state index is 5.95. The third kappa shape index (κ3) is 3.28. The summed E-state index contributed by atoms with van der Waals surface area (Å²) in [6, 6.07) is 37.4. The molecular formula is C26H19NO. The van der Waals surface area contributed by atoms with Gasteiger partial charge in [-0.05, 0) is 59.7 Å². The Balaban J connectivity index is 1.33. The molecule has 5 aromatic rings. The van der Waals surface area contributed by atoms with Gasteiger partial charge >= 0.3 is 0 Å². The van der Waals surface area contributed by atoms with E-state index in [4.69, 9.17) is 4.42 Å². The molecule has 0 atom stereocenters. The van der Waals surface area contributed by atoms with Crippen molar-refractivity contribution in [2.24, 2.45) is 0 Å². The first kappa shape index (κ1) is 16.4. The number of fused-ring (bicyclic) bond motifs is 1. The number of hydrogen-bond donors (Lipinski definition) is 1. The Labute approximate surface area is 164 Å². The lowest BCUT2D eigenvalue weighted by Gasteiger charge is -2.08. The van der Waals surface area contributed by atoms with Crippen LogP contribution in [0.1, 0.15) is 0 Å². The molecular weight excluding hydrogens is 342 g/mol. The van der Waals surface area contributed by atoms with Crippen molar-refractivity contribution in [1.29, 1.82) is 0 Å². The number of rotatable bonds is 4. The van der Waals surface area contributed by atoms with E-state index in [2.05, 4.69) is 90.2 Å². The second kappa shape index (κ2) is 7.09. The first-order chi connectivity index (χ1) is 13.8. The second-order valence-corrected chi connectivity index (χ2v) is 6.79. The molecule has 4 aromatic carbocycles. The predicted molar refractivity (Wildman–Crippen MR) is 117 cm³/mol. The third-order valence-corrected chi connectivity index (χ3v) is 4.88.